The Balaban J connectivity index is 2.28. The first-order valence-electron chi connectivity index (χ1n) is 6.01. The van der Waals surface area contributed by atoms with E-state index in [2.05, 4.69) is 36.4 Å². The van der Waals surface area contributed by atoms with Gasteiger partial charge in [-0.1, -0.05) is 42.8 Å². The van der Waals surface area contributed by atoms with Crippen molar-refractivity contribution in [2.45, 2.75) is 31.1 Å². The zero-order valence-electron chi connectivity index (χ0n) is 9.25. The van der Waals surface area contributed by atoms with Crippen LogP contribution in [0.15, 0.2) is 36.4 Å². The molecular formula is C15H15Cl. The van der Waals surface area contributed by atoms with E-state index in [1.54, 1.807) is 0 Å². The Hall–Kier alpha value is -1.01. The van der Waals surface area contributed by atoms with Gasteiger partial charge in [0.2, 0.25) is 0 Å². The molecule has 1 aliphatic carbocycles. The number of benzene rings is 2. The minimum absolute atomic E-state index is 0.210. The summed E-state index contributed by atoms with van der Waals surface area (Å²) in [5.74, 6) is 0. The van der Waals surface area contributed by atoms with Crippen LogP contribution in [0, 0.1) is 0 Å². The molecular weight excluding hydrogens is 216 g/mol. The summed E-state index contributed by atoms with van der Waals surface area (Å²) in [5.41, 5.74) is 2.84. The fourth-order valence-corrected chi connectivity index (χ4v) is 3.06. The molecule has 1 aliphatic rings. The lowest BCUT2D eigenvalue weighted by atomic mass is 9.95. The van der Waals surface area contributed by atoms with Crippen LogP contribution < -0.4 is 0 Å². The molecule has 0 bridgehead atoms. The molecule has 2 aromatic carbocycles. The fourth-order valence-electron chi connectivity index (χ4n) is 2.71. The Morgan fingerprint density at radius 3 is 2.81 bits per heavy atom. The second-order valence-corrected chi connectivity index (χ2v) is 5.09. The Bertz CT molecular complexity index is 516. The first-order chi connectivity index (χ1) is 7.86. The SMILES string of the molecule is ClC1CCCCc2c1ccc1ccccc21. The zero-order chi connectivity index (χ0) is 11.0. The number of alkyl halides is 1. The topological polar surface area (TPSA) is 0 Å². The van der Waals surface area contributed by atoms with Gasteiger partial charge in [-0.25, -0.2) is 0 Å². The molecule has 1 unspecified atom stereocenters. The van der Waals surface area contributed by atoms with Crippen LogP contribution >= 0.6 is 11.6 Å². The Morgan fingerprint density at radius 2 is 1.88 bits per heavy atom. The molecule has 0 nitrogen and oxygen atoms in total. The van der Waals surface area contributed by atoms with E-state index in [4.69, 9.17) is 11.6 Å². The van der Waals surface area contributed by atoms with Crippen molar-refractivity contribution in [1.29, 1.82) is 0 Å². The molecule has 82 valence electrons. The maximum absolute atomic E-state index is 6.45. The van der Waals surface area contributed by atoms with Crippen LogP contribution in [0.25, 0.3) is 10.8 Å². The molecule has 0 N–H and O–H groups in total. The first kappa shape index (κ1) is 10.2. The maximum atomic E-state index is 6.45. The van der Waals surface area contributed by atoms with E-state index < -0.39 is 0 Å². The molecule has 0 aromatic heterocycles. The number of halogens is 1. The fraction of sp³-hybridized carbons (Fsp3) is 0.333. The zero-order valence-corrected chi connectivity index (χ0v) is 10.0. The Morgan fingerprint density at radius 1 is 1.00 bits per heavy atom. The molecule has 0 saturated carbocycles. The third-order valence-corrected chi connectivity index (χ3v) is 4.00. The standard InChI is InChI=1S/C15H15Cl/c16-15-8-4-3-7-13-12-6-2-1-5-11(12)9-10-14(13)15/h1-2,5-6,9-10,15H,3-4,7-8H2. The normalized spacial score (nSPS) is 20.4. The van der Waals surface area contributed by atoms with Gasteiger partial charge in [0.25, 0.3) is 0 Å². The highest BCUT2D eigenvalue weighted by atomic mass is 35.5. The number of hydrogen-bond donors (Lipinski definition) is 0. The largest absolute Gasteiger partial charge is 0.118 e. The molecule has 1 atom stereocenters. The third-order valence-electron chi connectivity index (χ3n) is 3.55. The van der Waals surface area contributed by atoms with Crippen molar-refractivity contribution in [2.24, 2.45) is 0 Å². The number of fused-ring (bicyclic) bond motifs is 3. The summed E-state index contributed by atoms with van der Waals surface area (Å²) < 4.78 is 0. The van der Waals surface area contributed by atoms with Crippen molar-refractivity contribution >= 4 is 22.4 Å². The predicted molar refractivity (Wildman–Crippen MR) is 70.1 cm³/mol. The highest BCUT2D eigenvalue weighted by Gasteiger charge is 2.17. The lowest BCUT2D eigenvalue weighted by Crippen LogP contribution is -1.94. The van der Waals surface area contributed by atoms with Gasteiger partial charge in [0.05, 0.1) is 5.38 Å². The van der Waals surface area contributed by atoms with Crippen molar-refractivity contribution in [3.63, 3.8) is 0 Å². The van der Waals surface area contributed by atoms with Crippen LogP contribution in [0.3, 0.4) is 0 Å². The highest BCUT2D eigenvalue weighted by Crippen LogP contribution is 2.36. The molecule has 0 heterocycles. The third kappa shape index (κ3) is 1.62. The van der Waals surface area contributed by atoms with Crippen LogP contribution in [0.5, 0.6) is 0 Å². The number of rotatable bonds is 0. The van der Waals surface area contributed by atoms with Crippen LogP contribution in [-0.2, 0) is 6.42 Å². The van der Waals surface area contributed by atoms with Crippen LogP contribution in [-0.4, -0.2) is 0 Å². The summed E-state index contributed by atoms with van der Waals surface area (Å²) >= 11 is 6.45. The van der Waals surface area contributed by atoms with Gasteiger partial charge in [-0.3, -0.25) is 0 Å². The minimum Gasteiger partial charge on any atom is -0.118 e. The molecule has 0 spiro atoms. The van der Waals surface area contributed by atoms with Gasteiger partial charge in [0.1, 0.15) is 0 Å². The van der Waals surface area contributed by atoms with E-state index in [0.717, 1.165) is 6.42 Å². The molecule has 16 heavy (non-hydrogen) atoms. The monoisotopic (exact) mass is 230 g/mol. The van der Waals surface area contributed by atoms with E-state index >= 15 is 0 Å². The molecule has 0 amide bonds. The molecule has 0 aliphatic heterocycles. The maximum Gasteiger partial charge on any atom is 0.0588 e. The van der Waals surface area contributed by atoms with Crippen LogP contribution in [0.1, 0.15) is 35.8 Å². The summed E-state index contributed by atoms with van der Waals surface area (Å²) in [6.45, 7) is 0. The van der Waals surface area contributed by atoms with Crippen LogP contribution in [0.4, 0.5) is 0 Å². The van der Waals surface area contributed by atoms with Gasteiger partial charge in [0.15, 0.2) is 0 Å². The van der Waals surface area contributed by atoms with Gasteiger partial charge < -0.3 is 0 Å². The average molecular weight is 231 g/mol. The van der Waals surface area contributed by atoms with Gasteiger partial charge >= 0.3 is 0 Å². The first-order valence-corrected chi connectivity index (χ1v) is 6.44. The second kappa shape index (κ2) is 4.10. The van der Waals surface area contributed by atoms with E-state index in [1.807, 2.05) is 0 Å². The van der Waals surface area contributed by atoms with Crippen molar-refractivity contribution in [3.8, 4) is 0 Å². The molecule has 1 heteroatoms. The van der Waals surface area contributed by atoms with Crippen LogP contribution in [0.2, 0.25) is 0 Å². The van der Waals surface area contributed by atoms with Crippen molar-refractivity contribution in [3.05, 3.63) is 47.5 Å². The minimum atomic E-state index is 0.210. The molecule has 0 saturated heterocycles. The molecule has 0 fully saturated rings. The molecule has 3 rings (SSSR count). The van der Waals surface area contributed by atoms with E-state index in [-0.39, 0.29) is 5.38 Å². The summed E-state index contributed by atoms with van der Waals surface area (Å²) in [6.07, 6.45) is 4.81. The molecule has 0 radical (unpaired) electrons. The van der Waals surface area contributed by atoms with E-state index in [0.29, 0.717) is 0 Å². The van der Waals surface area contributed by atoms with Crippen molar-refractivity contribution in [1.82, 2.24) is 0 Å². The smallest absolute Gasteiger partial charge is 0.0588 e. The van der Waals surface area contributed by atoms with Gasteiger partial charge in [-0.2, -0.15) is 0 Å². The number of hydrogen-bond acceptors (Lipinski definition) is 0. The molecule has 2 aromatic rings. The van der Waals surface area contributed by atoms with Gasteiger partial charge in [0, 0.05) is 0 Å². The summed E-state index contributed by atoms with van der Waals surface area (Å²) in [7, 11) is 0. The van der Waals surface area contributed by atoms with E-state index in [1.165, 1.54) is 41.2 Å². The lowest BCUT2D eigenvalue weighted by Gasteiger charge is -2.13. The van der Waals surface area contributed by atoms with E-state index in [9.17, 15) is 0 Å². The Kier molecular flexibility index (Phi) is 2.61. The number of aryl methyl sites for hydroxylation is 1. The highest BCUT2D eigenvalue weighted by molar-refractivity contribution is 6.21. The Labute approximate surface area is 101 Å². The van der Waals surface area contributed by atoms with Crippen molar-refractivity contribution in [2.75, 3.05) is 0 Å². The predicted octanol–water partition coefficient (Wildman–Crippen LogP) is 4.85. The summed E-state index contributed by atoms with van der Waals surface area (Å²) in [4.78, 5) is 0. The van der Waals surface area contributed by atoms with Crippen molar-refractivity contribution < 1.29 is 0 Å². The summed E-state index contributed by atoms with van der Waals surface area (Å²) in [6, 6.07) is 13.1. The van der Waals surface area contributed by atoms with Gasteiger partial charge in [-0.15, -0.1) is 11.6 Å². The second-order valence-electron chi connectivity index (χ2n) is 4.57. The quantitative estimate of drug-likeness (QED) is 0.449. The lowest BCUT2D eigenvalue weighted by molar-refractivity contribution is 0.700. The average Bonchev–Trinajstić information content (AvgIpc) is 2.52. The van der Waals surface area contributed by atoms with Gasteiger partial charge in [-0.05, 0) is 41.2 Å². The summed E-state index contributed by atoms with van der Waals surface area (Å²) in [5, 5.41) is 2.95.